The quantitative estimate of drug-likeness (QED) is 0.678. The van der Waals surface area contributed by atoms with E-state index in [9.17, 15) is 23.2 Å². The van der Waals surface area contributed by atoms with Crippen LogP contribution in [-0.4, -0.2) is 42.1 Å². The Kier molecular flexibility index (Phi) is 5.67. The Labute approximate surface area is 136 Å². The topological polar surface area (TPSA) is 98.7 Å². The van der Waals surface area contributed by atoms with Gasteiger partial charge in [0.15, 0.2) is 0 Å². The molecule has 1 heterocycles. The first kappa shape index (κ1) is 17.6. The van der Waals surface area contributed by atoms with Crippen LogP contribution in [-0.2, 0) is 9.59 Å². The molecular formula is C15H17F2N3O4. The van der Waals surface area contributed by atoms with Gasteiger partial charge in [-0.25, -0.2) is 13.6 Å². The number of carbonyl (C=O) groups excluding carboxylic acids is 2. The molecule has 2 rings (SSSR count). The number of carbonyl (C=O) groups is 3. The number of hydrogen-bond donors (Lipinski definition) is 3. The van der Waals surface area contributed by atoms with Crippen molar-refractivity contribution in [2.75, 3.05) is 18.0 Å². The summed E-state index contributed by atoms with van der Waals surface area (Å²) in [7, 11) is 0. The van der Waals surface area contributed by atoms with Crippen LogP contribution in [0.15, 0.2) is 18.2 Å². The van der Waals surface area contributed by atoms with Gasteiger partial charge in [-0.05, 0) is 18.6 Å². The molecule has 9 heteroatoms. The minimum Gasteiger partial charge on any atom is -0.481 e. The van der Waals surface area contributed by atoms with Crippen molar-refractivity contribution < 1.29 is 28.3 Å². The average Bonchev–Trinajstić information content (AvgIpc) is 2.84. The van der Waals surface area contributed by atoms with Gasteiger partial charge in [-0.15, -0.1) is 0 Å². The molecular weight excluding hydrogens is 324 g/mol. The number of hydrogen-bond acceptors (Lipinski definition) is 3. The van der Waals surface area contributed by atoms with E-state index in [-0.39, 0.29) is 32.4 Å². The van der Waals surface area contributed by atoms with E-state index >= 15 is 0 Å². The zero-order valence-electron chi connectivity index (χ0n) is 12.7. The predicted molar refractivity (Wildman–Crippen MR) is 80.5 cm³/mol. The highest BCUT2D eigenvalue weighted by Gasteiger charge is 2.34. The maximum atomic E-state index is 13.8. The maximum Gasteiger partial charge on any atom is 0.315 e. The van der Waals surface area contributed by atoms with Gasteiger partial charge in [0.05, 0.1) is 6.04 Å². The first-order chi connectivity index (χ1) is 11.4. The van der Waals surface area contributed by atoms with E-state index in [4.69, 9.17) is 5.11 Å². The Morgan fingerprint density at radius 3 is 2.58 bits per heavy atom. The number of urea groups is 1. The molecule has 0 aromatic heterocycles. The molecule has 1 aliphatic heterocycles. The van der Waals surface area contributed by atoms with E-state index in [0.717, 1.165) is 17.0 Å². The molecule has 24 heavy (non-hydrogen) atoms. The maximum absolute atomic E-state index is 13.8. The fraction of sp³-hybridized carbons (Fsp3) is 0.400. The number of para-hydroxylation sites is 1. The van der Waals surface area contributed by atoms with Gasteiger partial charge in [0, 0.05) is 25.9 Å². The second-order valence-corrected chi connectivity index (χ2v) is 5.37. The molecule has 3 amide bonds. The molecule has 130 valence electrons. The number of nitrogens with one attached hydrogen (secondary N) is 2. The lowest BCUT2D eigenvalue weighted by molar-refractivity contribution is -0.137. The number of rotatable bonds is 6. The Morgan fingerprint density at radius 2 is 1.96 bits per heavy atom. The molecule has 0 radical (unpaired) electrons. The molecule has 1 saturated heterocycles. The van der Waals surface area contributed by atoms with E-state index in [0.29, 0.717) is 0 Å². The first-order valence-electron chi connectivity index (χ1n) is 7.39. The van der Waals surface area contributed by atoms with Gasteiger partial charge in [-0.1, -0.05) is 6.07 Å². The molecule has 3 N–H and O–H groups in total. The lowest BCUT2D eigenvalue weighted by Gasteiger charge is -2.18. The number of nitrogens with zero attached hydrogens (tertiary/aromatic N) is 1. The fourth-order valence-electron chi connectivity index (χ4n) is 2.45. The van der Waals surface area contributed by atoms with Gasteiger partial charge in [-0.3, -0.25) is 9.59 Å². The lowest BCUT2D eigenvalue weighted by atomic mass is 10.2. The summed E-state index contributed by atoms with van der Waals surface area (Å²) in [4.78, 5) is 35.0. The number of carboxylic acids is 1. The van der Waals surface area contributed by atoms with E-state index < -0.39 is 41.3 Å². The lowest BCUT2D eigenvalue weighted by Crippen LogP contribution is -2.43. The molecule has 0 spiro atoms. The van der Waals surface area contributed by atoms with Crippen LogP contribution in [0.4, 0.5) is 19.3 Å². The highest BCUT2D eigenvalue weighted by atomic mass is 19.1. The van der Waals surface area contributed by atoms with Crippen molar-refractivity contribution in [2.45, 2.75) is 25.3 Å². The number of halogens is 2. The third-order valence-corrected chi connectivity index (χ3v) is 3.52. The van der Waals surface area contributed by atoms with Crippen LogP contribution in [0.1, 0.15) is 19.3 Å². The highest BCUT2D eigenvalue weighted by Crippen LogP contribution is 2.27. The van der Waals surface area contributed by atoms with E-state index in [1.54, 1.807) is 0 Å². The Bertz CT molecular complexity index is 633. The van der Waals surface area contributed by atoms with Gasteiger partial charge in [0.1, 0.15) is 17.3 Å². The van der Waals surface area contributed by atoms with Crippen LogP contribution in [0.2, 0.25) is 0 Å². The number of carboxylic acid groups (broad SMARTS) is 1. The molecule has 1 unspecified atom stereocenters. The molecule has 0 saturated carbocycles. The minimum atomic E-state index is -0.957. The van der Waals surface area contributed by atoms with Crippen molar-refractivity contribution in [2.24, 2.45) is 0 Å². The second-order valence-electron chi connectivity index (χ2n) is 5.37. The summed E-state index contributed by atoms with van der Waals surface area (Å²) in [5.74, 6) is -3.14. The van der Waals surface area contributed by atoms with Gasteiger partial charge >= 0.3 is 12.0 Å². The van der Waals surface area contributed by atoms with Crippen LogP contribution in [0.3, 0.4) is 0 Å². The minimum absolute atomic E-state index is 0.0424. The summed E-state index contributed by atoms with van der Waals surface area (Å²) >= 11 is 0. The van der Waals surface area contributed by atoms with Crippen LogP contribution in [0.25, 0.3) is 0 Å². The van der Waals surface area contributed by atoms with Crippen LogP contribution < -0.4 is 15.5 Å². The van der Waals surface area contributed by atoms with Crippen LogP contribution >= 0.6 is 0 Å². The predicted octanol–water partition coefficient (Wildman–Crippen LogP) is 1.23. The highest BCUT2D eigenvalue weighted by molar-refractivity contribution is 5.97. The largest absolute Gasteiger partial charge is 0.481 e. The van der Waals surface area contributed by atoms with E-state index in [2.05, 4.69) is 10.6 Å². The summed E-state index contributed by atoms with van der Waals surface area (Å²) in [6, 6.07) is 2.17. The molecule has 1 aromatic rings. The van der Waals surface area contributed by atoms with Crippen LogP contribution in [0.5, 0.6) is 0 Å². The van der Waals surface area contributed by atoms with Gasteiger partial charge in [0.2, 0.25) is 5.91 Å². The van der Waals surface area contributed by atoms with Crippen LogP contribution in [0, 0.1) is 11.6 Å². The van der Waals surface area contributed by atoms with E-state index in [1.807, 2.05) is 0 Å². The third kappa shape index (κ3) is 4.40. The summed E-state index contributed by atoms with van der Waals surface area (Å²) in [6.07, 6.45) is 0.137. The molecule has 0 aliphatic carbocycles. The summed E-state index contributed by atoms with van der Waals surface area (Å²) in [5, 5.41) is 13.5. The number of anilines is 1. The molecule has 1 aliphatic rings. The summed E-state index contributed by atoms with van der Waals surface area (Å²) in [6.45, 7) is 0.129. The number of benzene rings is 1. The number of aliphatic carboxylic acids is 1. The van der Waals surface area contributed by atoms with E-state index in [1.165, 1.54) is 6.07 Å². The molecule has 7 nitrogen and oxygen atoms in total. The Balaban J connectivity index is 1.88. The van der Waals surface area contributed by atoms with Gasteiger partial charge in [-0.2, -0.15) is 0 Å². The normalized spacial score (nSPS) is 17.0. The third-order valence-electron chi connectivity index (χ3n) is 3.52. The molecule has 1 atom stereocenters. The average molecular weight is 341 g/mol. The molecule has 1 fully saturated rings. The van der Waals surface area contributed by atoms with Gasteiger partial charge < -0.3 is 20.6 Å². The molecule has 0 bridgehead atoms. The SMILES string of the molecule is O=C(O)CCCNC(=O)NC1CC(=O)N(c2c(F)cccc2F)C1. The fourth-order valence-corrected chi connectivity index (χ4v) is 2.45. The van der Waals surface area contributed by atoms with Crippen molar-refractivity contribution in [1.29, 1.82) is 0 Å². The van der Waals surface area contributed by atoms with Crippen molar-refractivity contribution in [1.82, 2.24) is 10.6 Å². The zero-order valence-corrected chi connectivity index (χ0v) is 12.7. The van der Waals surface area contributed by atoms with Crippen molar-refractivity contribution in [3.05, 3.63) is 29.8 Å². The smallest absolute Gasteiger partial charge is 0.315 e. The standard InChI is InChI=1S/C15H17F2N3O4/c16-10-3-1-4-11(17)14(10)20-8-9(7-12(20)21)19-15(24)18-6-2-5-13(22)23/h1,3-4,9H,2,5-8H2,(H,22,23)(H2,18,19,24). The Hall–Kier alpha value is -2.71. The summed E-state index contributed by atoms with van der Waals surface area (Å²) < 4.78 is 27.5. The summed E-state index contributed by atoms with van der Waals surface area (Å²) in [5.41, 5.74) is -0.423. The number of amides is 3. The van der Waals surface area contributed by atoms with Crippen molar-refractivity contribution in [3.63, 3.8) is 0 Å². The monoisotopic (exact) mass is 341 g/mol. The zero-order chi connectivity index (χ0) is 17.7. The first-order valence-corrected chi connectivity index (χ1v) is 7.39. The van der Waals surface area contributed by atoms with Crippen molar-refractivity contribution >= 4 is 23.6 Å². The van der Waals surface area contributed by atoms with Gasteiger partial charge in [0.25, 0.3) is 0 Å². The second kappa shape index (κ2) is 7.71. The molecule has 1 aromatic carbocycles. The van der Waals surface area contributed by atoms with Crippen molar-refractivity contribution in [3.8, 4) is 0 Å². The Morgan fingerprint density at radius 1 is 1.29 bits per heavy atom.